The Labute approximate surface area is 112 Å². The van der Waals surface area contributed by atoms with E-state index in [0.29, 0.717) is 11.3 Å². The molecule has 1 amide bonds. The van der Waals surface area contributed by atoms with Crippen molar-refractivity contribution < 1.29 is 14.7 Å². The maximum Gasteiger partial charge on any atom is 0.303 e. The molecule has 1 N–H and O–H groups in total. The summed E-state index contributed by atoms with van der Waals surface area (Å²) in [5.74, 6) is -1.35. The van der Waals surface area contributed by atoms with Crippen LogP contribution in [0.5, 0.6) is 0 Å². The van der Waals surface area contributed by atoms with Crippen LogP contribution >= 0.6 is 0 Å². The first-order valence-corrected chi connectivity index (χ1v) is 5.93. The van der Waals surface area contributed by atoms with E-state index in [2.05, 4.69) is 0 Å². The van der Waals surface area contributed by atoms with Crippen LogP contribution in [0.25, 0.3) is 0 Å². The van der Waals surface area contributed by atoms with Crippen molar-refractivity contribution in [3.8, 4) is 6.07 Å². The number of carboxylic acid groups (broad SMARTS) is 1. The Balaban J connectivity index is 2.77. The van der Waals surface area contributed by atoms with Crippen LogP contribution in [-0.4, -0.2) is 24.0 Å². The average Bonchev–Trinajstić information content (AvgIpc) is 2.36. The summed E-state index contributed by atoms with van der Waals surface area (Å²) in [6.45, 7) is 1.72. The number of benzene rings is 1. The Morgan fingerprint density at radius 1 is 1.37 bits per heavy atom. The van der Waals surface area contributed by atoms with Gasteiger partial charge in [0.15, 0.2) is 0 Å². The second kappa shape index (κ2) is 6.55. The van der Waals surface area contributed by atoms with E-state index in [9.17, 15) is 9.59 Å². The predicted molar refractivity (Wildman–Crippen MR) is 70.6 cm³/mol. The molecular formula is C14H16N2O3. The Bertz CT molecular complexity index is 520. The third-order valence-corrected chi connectivity index (χ3v) is 2.81. The molecule has 1 rings (SSSR count). The summed E-state index contributed by atoms with van der Waals surface area (Å²) in [7, 11) is 1.59. The van der Waals surface area contributed by atoms with Crippen LogP contribution in [0, 0.1) is 17.2 Å². The number of hydrogen-bond donors (Lipinski definition) is 1. The number of nitrogens with zero attached hydrogens (tertiary/aromatic N) is 2. The van der Waals surface area contributed by atoms with Crippen LogP contribution in [0.15, 0.2) is 24.3 Å². The molecule has 0 aliphatic rings. The van der Waals surface area contributed by atoms with Crippen molar-refractivity contribution in [2.24, 2.45) is 5.92 Å². The Morgan fingerprint density at radius 3 is 2.58 bits per heavy atom. The molecule has 0 heterocycles. The average molecular weight is 260 g/mol. The van der Waals surface area contributed by atoms with Gasteiger partial charge in [0.05, 0.1) is 11.3 Å². The lowest BCUT2D eigenvalue weighted by Crippen LogP contribution is -2.28. The van der Waals surface area contributed by atoms with E-state index in [0.717, 1.165) is 0 Å². The lowest BCUT2D eigenvalue weighted by atomic mass is 10.0. The van der Waals surface area contributed by atoms with Gasteiger partial charge in [0.2, 0.25) is 5.91 Å². The summed E-state index contributed by atoms with van der Waals surface area (Å²) in [6.07, 6.45) is 0.0992. The number of amides is 1. The Morgan fingerprint density at radius 2 is 2.00 bits per heavy atom. The number of anilines is 1. The third-order valence-electron chi connectivity index (χ3n) is 2.81. The second-order valence-electron chi connectivity index (χ2n) is 4.49. The minimum Gasteiger partial charge on any atom is -0.481 e. The summed E-state index contributed by atoms with van der Waals surface area (Å²) >= 11 is 0. The van der Waals surface area contributed by atoms with Gasteiger partial charge in [-0.3, -0.25) is 9.59 Å². The van der Waals surface area contributed by atoms with E-state index in [1.807, 2.05) is 6.07 Å². The smallest absolute Gasteiger partial charge is 0.303 e. The first-order chi connectivity index (χ1) is 8.95. The van der Waals surface area contributed by atoms with Gasteiger partial charge < -0.3 is 10.0 Å². The van der Waals surface area contributed by atoms with Crippen LogP contribution in [0.4, 0.5) is 5.69 Å². The molecule has 0 fully saturated rings. The van der Waals surface area contributed by atoms with Crippen LogP contribution in [0.1, 0.15) is 25.3 Å². The van der Waals surface area contributed by atoms with Crippen molar-refractivity contribution in [3.05, 3.63) is 29.8 Å². The fourth-order valence-corrected chi connectivity index (χ4v) is 1.80. The van der Waals surface area contributed by atoms with Crippen molar-refractivity contribution >= 4 is 17.6 Å². The highest BCUT2D eigenvalue weighted by molar-refractivity contribution is 5.94. The highest BCUT2D eigenvalue weighted by Gasteiger charge is 2.18. The zero-order chi connectivity index (χ0) is 14.4. The molecule has 0 aliphatic carbocycles. The van der Waals surface area contributed by atoms with E-state index >= 15 is 0 Å². The van der Waals surface area contributed by atoms with Crippen molar-refractivity contribution in [2.45, 2.75) is 19.8 Å². The van der Waals surface area contributed by atoms with Crippen LogP contribution in [0.3, 0.4) is 0 Å². The number of carboxylic acids is 1. The zero-order valence-corrected chi connectivity index (χ0v) is 11.0. The second-order valence-corrected chi connectivity index (χ2v) is 4.49. The van der Waals surface area contributed by atoms with Crippen molar-refractivity contribution in [1.29, 1.82) is 5.26 Å². The zero-order valence-electron chi connectivity index (χ0n) is 11.0. The topological polar surface area (TPSA) is 81.4 Å². The Hall–Kier alpha value is -2.35. The molecule has 1 aromatic carbocycles. The number of nitriles is 1. The molecule has 0 aromatic heterocycles. The standard InChI is InChI=1S/C14H16N2O3/c1-10(8-14(18)19)7-13(17)16(2)12-6-4-3-5-11(12)9-15/h3-6,10H,7-8H2,1-2H3,(H,18,19). The van der Waals surface area contributed by atoms with Crippen molar-refractivity contribution in [3.63, 3.8) is 0 Å². The SMILES string of the molecule is CC(CC(=O)O)CC(=O)N(C)c1ccccc1C#N. The summed E-state index contributed by atoms with van der Waals surface area (Å²) in [6, 6.07) is 8.84. The van der Waals surface area contributed by atoms with Gasteiger partial charge >= 0.3 is 5.97 Å². The van der Waals surface area contributed by atoms with Gasteiger partial charge in [-0.15, -0.1) is 0 Å². The van der Waals surface area contributed by atoms with Crippen molar-refractivity contribution in [1.82, 2.24) is 0 Å². The fraction of sp³-hybridized carbons (Fsp3) is 0.357. The predicted octanol–water partition coefficient (Wildman–Crippen LogP) is 2.02. The van der Waals surface area contributed by atoms with Gasteiger partial charge in [0.1, 0.15) is 6.07 Å². The number of para-hydroxylation sites is 1. The number of carbonyl (C=O) groups is 2. The maximum absolute atomic E-state index is 12.0. The molecule has 0 saturated heterocycles. The van der Waals surface area contributed by atoms with Crippen molar-refractivity contribution in [2.75, 3.05) is 11.9 Å². The van der Waals surface area contributed by atoms with Gasteiger partial charge in [-0.05, 0) is 18.1 Å². The van der Waals surface area contributed by atoms with E-state index < -0.39 is 5.97 Å². The largest absolute Gasteiger partial charge is 0.481 e. The summed E-state index contributed by atoms with van der Waals surface area (Å²) < 4.78 is 0. The van der Waals surface area contributed by atoms with E-state index in [1.54, 1.807) is 38.2 Å². The molecule has 19 heavy (non-hydrogen) atoms. The molecule has 5 heteroatoms. The van der Waals surface area contributed by atoms with Gasteiger partial charge in [-0.1, -0.05) is 19.1 Å². The minimum atomic E-state index is -0.916. The van der Waals surface area contributed by atoms with Crippen LogP contribution in [0.2, 0.25) is 0 Å². The molecule has 0 saturated carbocycles. The molecular weight excluding hydrogens is 244 g/mol. The molecule has 1 aromatic rings. The molecule has 1 unspecified atom stereocenters. The first-order valence-electron chi connectivity index (χ1n) is 5.93. The fourth-order valence-electron chi connectivity index (χ4n) is 1.80. The minimum absolute atomic E-state index is 0.0422. The van der Waals surface area contributed by atoms with Gasteiger partial charge in [0, 0.05) is 19.9 Å². The van der Waals surface area contributed by atoms with Gasteiger partial charge in [-0.25, -0.2) is 0 Å². The lowest BCUT2D eigenvalue weighted by molar-refractivity contribution is -0.138. The first kappa shape index (κ1) is 14.7. The van der Waals surface area contributed by atoms with E-state index in [-0.39, 0.29) is 24.7 Å². The number of rotatable bonds is 5. The van der Waals surface area contributed by atoms with Gasteiger partial charge in [0.25, 0.3) is 0 Å². The number of hydrogen-bond acceptors (Lipinski definition) is 3. The molecule has 100 valence electrons. The molecule has 5 nitrogen and oxygen atoms in total. The normalized spacial score (nSPS) is 11.4. The summed E-state index contributed by atoms with van der Waals surface area (Å²) in [4.78, 5) is 24.0. The molecule has 0 aliphatic heterocycles. The monoisotopic (exact) mass is 260 g/mol. The molecule has 0 spiro atoms. The maximum atomic E-state index is 12.0. The van der Waals surface area contributed by atoms with Gasteiger partial charge in [-0.2, -0.15) is 5.26 Å². The van der Waals surface area contributed by atoms with E-state index in [1.165, 1.54) is 4.90 Å². The quantitative estimate of drug-likeness (QED) is 0.878. The summed E-state index contributed by atoms with van der Waals surface area (Å²) in [5, 5.41) is 17.7. The third kappa shape index (κ3) is 4.11. The number of carbonyl (C=O) groups excluding carboxylic acids is 1. The number of aliphatic carboxylic acids is 1. The Kier molecular flexibility index (Phi) is 5.07. The van der Waals surface area contributed by atoms with E-state index in [4.69, 9.17) is 10.4 Å². The molecule has 0 radical (unpaired) electrons. The highest BCUT2D eigenvalue weighted by Crippen LogP contribution is 2.20. The highest BCUT2D eigenvalue weighted by atomic mass is 16.4. The van der Waals surface area contributed by atoms with Crippen LogP contribution < -0.4 is 4.90 Å². The summed E-state index contributed by atoms with van der Waals surface area (Å²) in [5.41, 5.74) is 0.960. The lowest BCUT2D eigenvalue weighted by Gasteiger charge is -2.20. The van der Waals surface area contributed by atoms with Crippen LogP contribution in [-0.2, 0) is 9.59 Å². The molecule has 1 atom stereocenters. The molecule has 0 bridgehead atoms.